The van der Waals surface area contributed by atoms with Crippen molar-refractivity contribution in [3.05, 3.63) is 27.7 Å². The molecule has 3 nitrogen and oxygen atoms in total. The van der Waals surface area contributed by atoms with Gasteiger partial charge in [0, 0.05) is 13.0 Å². The van der Waals surface area contributed by atoms with Gasteiger partial charge in [-0.1, -0.05) is 23.2 Å². The Bertz CT molecular complexity index is 395. The lowest BCUT2D eigenvalue weighted by molar-refractivity contribution is 0.953. The number of aliphatic imine (C=N–C) groups is 1. The van der Waals surface area contributed by atoms with Crippen molar-refractivity contribution in [3.63, 3.8) is 0 Å². The maximum atomic E-state index is 5.93. The summed E-state index contributed by atoms with van der Waals surface area (Å²) < 4.78 is 0. The first kappa shape index (κ1) is 13.4. The quantitative estimate of drug-likeness (QED) is 0.818. The van der Waals surface area contributed by atoms with Gasteiger partial charge in [-0.25, -0.2) is 0 Å². The molecule has 1 heterocycles. The number of nitrogens with two attached hydrogens (primary N) is 1. The normalized spacial score (nSPS) is 14.0. The van der Waals surface area contributed by atoms with Crippen LogP contribution in [0, 0.1) is 0 Å². The largest absolute Gasteiger partial charge is 0.396 e. The molecule has 3 N–H and O–H groups in total. The molecule has 0 atom stereocenters. The smallest absolute Gasteiger partial charge is 0.101 e. The van der Waals surface area contributed by atoms with Crippen molar-refractivity contribution in [2.45, 2.75) is 6.42 Å². The summed E-state index contributed by atoms with van der Waals surface area (Å²) >= 11 is 11.9. The predicted molar refractivity (Wildman–Crippen MR) is 72.1 cm³/mol. The Labute approximate surface area is 110 Å². The summed E-state index contributed by atoms with van der Waals surface area (Å²) in [6, 6.07) is 3.65. The van der Waals surface area contributed by atoms with Gasteiger partial charge >= 0.3 is 0 Å². The van der Waals surface area contributed by atoms with Crippen LogP contribution in [-0.2, 0) is 6.42 Å². The second-order valence-electron chi connectivity index (χ2n) is 3.41. The van der Waals surface area contributed by atoms with E-state index in [2.05, 4.69) is 10.3 Å². The van der Waals surface area contributed by atoms with Gasteiger partial charge in [-0.2, -0.15) is 0 Å². The number of nitrogens with zero attached hydrogens (tertiary/aromatic N) is 1. The van der Waals surface area contributed by atoms with Crippen molar-refractivity contribution in [3.8, 4) is 0 Å². The van der Waals surface area contributed by atoms with E-state index in [4.69, 9.17) is 28.9 Å². The molecule has 1 aliphatic rings. The highest BCUT2D eigenvalue weighted by molar-refractivity contribution is 6.38. The van der Waals surface area contributed by atoms with Crippen LogP contribution in [0.1, 0.15) is 5.56 Å². The molecule has 88 valence electrons. The topological polar surface area (TPSA) is 50.4 Å². The summed E-state index contributed by atoms with van der Waals surface area (Å²) in [4.78, 5) is 4.30. The number of halogens is 3. The van der Waals surface area contributed by atoms with E-state index in [1.165, 1.54) is 0 Å². The molecular formula is C10H12Cl3N3. The summed E-state index contributed by atoms with van der Waals surface area (Å²) in [5, 5.41) is 4.18. The zero-order chi connectivity index (χ0) is 10.8. The highest BCUT2D eigenvalue weighted by Crippen LogP contribution is 2.29. The number of amidine groups is 1. The number of anilines is 1. The number of nitrogens with one attached hydrogen (secondary N) is 1. The van der Waals surface area contributed by atoms with Crippen molar-refractivity contribution >= 4 is 47.1 Å². The average Bonchev–Trinajstić information content (AvgIpc) is 2.66. The summed E-state index contributed by atoms with van der Waals surface area (Å²) in [5.74, 6) is 0.979. The maximum Gasteiger partial charge on any atom is 0.101 e. The summed E-state index contributed by atoms with van der Waals surface area (Å²) in [6.07, 6.45) is 0.722. The maximum absolute atomic E-state index is 5.93. The Morgan fingerprint density at radius 1 is 1.31 bits per heavy atom. The molecule has 0 radical (unpaired) electrons. The molecule has 0 aliphatic carbocycles. The molecule has 0 aromatic heterocycles. The van der Waals surface area contributed by atoms with Crippen molar-refractivity contribution in [2.75, 3.05) is 18.8 Å². The third-order valence-electron chi connectivity index (χ3n) is 2.25. The number of hydrogen-bond acceptors (Lipinski definition) is 3. The van der Waals surface area contributed by atoms with E-state index in [1.54, 1.807) is 0 Å². The van der Waals surface area contributed by atoms with Crippen LogP contribution in [0.4, 0.5) is 5.69 Å². The minimum atomic E-state index is 0. The van der Waals surface area contributed by atoms with Gasteiger partial charge in [0.15, 0.2) is 0 Å². The van der Waals surface area contributed by atoms with Gasteiger partial charge in [0.1, 0.15) is 5.84 Å². The first-order valence-corrected chi connectivity index (χ1v) is 5.43. The fourth-order valence-corrected chi connectivity index (χ4v) is 2.03. The van der Waals surface area contributed by atoms with Gasteiger partial charge in [0.05, 0.1) is 22.3 Å². The third kappa shape index (κ3) is 2.94. The molecule has 0 spiro atoms. The van der Waals surface area contributed by atoms with E-state index in [0.29, 0.717) is 15.7 Å². The van der Waals surface area contributed by atoms with Crippen LogP contribution in [0.5, 0.6) is 0 Å². The van der Waals surface area contributed by atoms with E-state index in [0.717, 1.165) is 30.9 Å². The lowest BCUT2D eigenvalue weighted by Gasteiger charge is -2.06. The summed E-state index contributed by atoms with van der Waals surface area (Å²) in [5.41, 5.74) is 7.10. The fourth-order valence-electron chi connectivity index (χ4n) is 1.50. The van der Waals surface area contributed by atoms with E-state index in [9.17, 15) is 0 Å². The van der Waals surface area contributed by atoms with Gasteiger partial charge in [0.25, 0.3) is 0 Å². The van der Waals surface area contributed by atoms with E-state index < -0.39 is 0 Å². The van der Waals surface area contributed by atoms with Gasteiger partial charge in [-0.15, -0.1) is 12.4 Å². The number of rotatable bonds is 2. The zero-order valence-corrected chi connectivity index (χ0v) is 10.8. The highest BCUT2D eigenvalue weighted by atomic mass is 35.5. The summed E-state index contributed by atoms with van der Waals surface area (Å²) in [7, 11) is 0. The molecule has 0 amide bonds. The van der Waals surface area contributed by atoms with Crippen molar-refractivity contribution < 1.29 is 0 Å². The van der Waals surface area contributed by atoms with Gasteiger partial charge in [-0.3, -0.25) is 4.99 Å². The first-order chi connectivity index (χ1) is 7.16. The van der Waals surface area contributed by atoms with Crippen LogP contribution in [0.15, 0.2) is 17.1 Å². The van der Waals surface area contributed by atoms with Crippen LogP contribution in [0.2, 0.25) is 10.0 Å². The molecule has 0 unspecified atom stereocenters. The molecule has 0 saturated carbocycles. The Hall–Kier alpha value is -0.640. The van der Waals surface area contributed by atoms with Crippen LogP contribution >= 0.6 is 35.6 Å². The second-order valence-corrected chi connectivity index (χ2v) is 4.22. The molecule has 2 rings (SSSR count). The van der Waals surface area contributed by atoms with Gasteiger partial charge in [0.2, 0.25) is 0 Å². The predicted octanol–water partition coefficient (Wildman–Crippen LogP) is 2.54. The Morgan fingerprint density at radius 2 is 1.94 bits per heavy atom. The van der Waals surface area contributed by atoms with Crippen LogP contribution in [-0.4, -0.2) is 18.9 Å². The first-order valence-electron chi connectivity index (χ1n) is 4.67. The molecule has 1 aromatic rings. The van der Waals surface area contributed by atoms with Crippen molar-refractivity contribution in [2.24, 2.45) is 4.99 Å². The van der Waals surface area contributed by atoms with E-state index in [-0.39, 0.29) is 12.4 Å². The highest BCUT2D eigenvalue weighted by Gasteiger charge is 2.09. The van der Waals surface area contributed by atoms with Crippen LogP contribution < -0.4 is 11.1 Å². The molecule has 0 fully saturated rings. The number of hydrogen-bond donors (Lipinski definition) is 2. The van der Waals surface area contributed by atoms with Gasteiger partial charge in [-0.05, 0) is 17.7 Å². The molecule has 0 saturated heterocycles. The molecule has 0 bridgehead atoms. The molecule has 1 aromatic carbocycles. The Balaban J connectivity index is 0.00000128. The SMILES string of the molecule is Cl.Nc1c(Cl)cc(CC2=NCCN2)cc1Cl. The van der Waals surface area contributed by atoms with Crippen LogP contribution in [0.3, 0.4) is 0 Å². The lowest BCUT2D eigenvalue weighted by Crippen LogP contribution is -2.20. The number of nitrogen functional groups attached to an aromatic ring is 1. The standard InChI is InChI=1S/C10H11Cl2N3.ClH/c11-7-3-6(4-8(12)10(7)13)5-9-14-1-2-15-9;/h3-4H,1-2,5,13H2,(H,14,15);1H. The van der Waals surface area contributed by atoms with E-state index in [1.807, 2.05) is 12.1 Å². The second kappa shape index (κ2) is 5.62. The average molecular weight is 281 g/mol. The third-order valence-corrected chi connectivity index (χ3v) is 2.88. The zero-order valence-electron chi connectivity index (χ0n) is 8.46. The number of benzene rings is 1. The Morgan fingerprint density at radius 3 is 2.44 bits per heavy atom. The minimum absolute atomic E-state index is 0. The molecular weight excluding hydrogens is 268 g/mol. The van der Waals surface area contributed by atoms with Crippen LogP contribution in [0.25, 0.3) is 0 Å². The fraction of sp³-hybridized carbons (Fsp3) is 0.300. The van der Waals surface area contributed by atoms with Gasteiger partial charge < -0.3 is 11.1 Å². The van der Waals surface area contributed by atoms with Crippen molar-refractivity contribution in [1.29, 1.82) is 0 Å². The van der Waals surface area contributed by atoms with Crippen molar-refractivity contribution in [1.82, 2.24) is 5.32 Å². The monoisotopic (exact) mass is 279 g/mol. The minimum Gasteiger partial charge on any atom is -0.396 e. The lowest BCUT2D eigenvalue weighted by atomic mass is 10.1. The molecule has 1 aliphatic heterocycles. The summed E-state index contributed by atoms with van der Waals surface area (Å²) in [6.45, 7) is 1.75. The Kier molecular flexibility index (Phi) is 4.71. The molecule has 16 heavy (non-hydrogen) atoms. The van der Waals surface area contributed by atoms with E-state index >= 15 is 0 Å². The molecule has 6 heteroatoms.